The van der Waals surface area contributed by atoms with Crippen LogP contribution in [0.5, 0.6) is 0 Å². The molecule has 1 aliphatic heterocycles. The third-order valence-corrected chi connectivity index (χ3v) is 4.18. The summed E-state index contributed by atoms with van der Waals surface area (Å²) in [6.45, 7) is 4.67. The summed E-state index contributed by atoms with van der Waals surface area (Å²) in [4.78, 5) is 6.59. The van der Waals surface area contributed by atoms with Crippen LogP contribution in [0.3, 0.4) is 0 Å². The van der Waals surface area contributed by atoms with E-state index in [1.807, 2.05) is 13.0 Å². The molecule has 8 heteroatoms. The number of benzene rings is 1. The van der Waals surface area contributed by atoms with Crippen molar-refractivity contribution in [1.82, 2.24) is 29.9 Å². The first-order valence-electron chi connectivity index (χ1n) is 8.21. The molecule has 7 nitrogen and oxygen atoms in total. The van der Waals surface area contributed by atoms with Crippen LogP contribution in [-0.2, 0) is 11.3 Å². The average molecular weight is 342 g/mol. The molecule has 130 valence electrons. The maximum absolute atomic E-state index is 13.9. The summed E-state index contributed by atoms with van der Waals surface area (Å²) in [6.07, 6.45) is 1.64. The third-order valence-electron chi connectivity index (χ3n) is 4.18. The summed E-state index contributed by atoms with van der Waals surface area (Å²) in [7, 11) is 0. The number of nitrogens with one attached hydrogen (secondary N) is 1. The van der Waals surface area contributed by atoms with Crippen LogP contribution < -0.4 is 0 Å². The number of ether oxygens (including phenoxy) is 1. The summed E-state index contributed by atoms with van der Waals surface area (Å²) in [5.74, 6) is 1.17. The van der Waals surface area contributed by atoms with Gasteiger partial charge in [0.2, 0.25) is 0 Å². The van der Waals surface area contributed by atoms with Crippen molar-refractivity contribution in [2.75, 3.05) is 19.7 Å². The second-order valence-corrected chi connectivity index (χ2v) is 6.08. The van der Waals surface area contributed by atoms with Gasteiger partial charge in [-0.05, 0) is 25.1 Å². The van der Waals surface area contributed by atoms with Crippen LogP contribution in [0.2, 0.25) is 0 Å². The van der Waals surface area contributed by atoms with Crippen molar-refractivity contribution in [3.05, 3.63) is 59.7 Å². The van der Waals surface area contributed by atoms with Crippen LogP contribution in [0.25, 0.3) is 5.69 Å². The van der Waals surface area contributed by atoms with E-state index < -0.39 is 0 Å². The number of hydrogen-bond acceptors (Lipinski definition) is 5. The molecule has 0 amide bonds. The second kappa shape index (κ2) is 6.73. The van der Waals surface area contributed by atoms with Gasteiger partial charge < -0.3 is 4.74 Å². The highest BCUT2D eigenvalue weighted by molar-refractivity contribution is 5.32. The number of nitrogens with zero attached hydrogens (tertiary/aromatic N) is 5. The van der Waals surface area contributed by atoms with Gasteiger partial charge in [-0.2, -0.15) is 10.2 Å². The number of H-pyrrole nitrogens is 1. The number of hydrogen-bond donors (Lipinski definition) is 1. The summed E-state index contributed by atoms with van der Waals surface area (Å²) in [5, 5.41) is 11.5. The Morgan fingerprint density at radius 3 is 3.00 bits per heavy atom. The lowest BCUT2D eigenvalue weighted by atomic mass is 10.2. The zero-order chi connectivity index (χ0) is 17.2. The van der Waals surface area contributed by atoms with Gasteiger partial charge in [0.05, 0.1) is 12.3 Å². The van der Waals surface area contributed by atoms with Crippen LogP contribution >= 0.6 is 0 Å². The van der Waals surface area contributed by atoms with Crippen molar-refractivity contribution < 1.29 is 9.13 Å². The predicted octanol–water partition coefficient (Wildman–Crippen LogP) is 2.01. The molecule has 0 bridgehead atoms. The fourth-order valence-corrected chi connectivity index (χ4v) is 2.95. The molecule has 1 N–H and O–H groups in total. The largest absolute Gasteiger partial charge is 0.367 e. The van der Waals surface area contributed by atoms with E-state index in [1.165, 1.54) is 6.07 Å². The summed E-state index contributed by atoms with van der Waals surface area (Å²) in [6, 6.07) is 8.52. The molecule has 25 heavy (non-hydrogen) atoms. The second-order valence-electron chi connectivity index (χ2n) is 6.08. The molecule has 0 spiro atoms. The Balaban J connectivity index is 1.45. The standard InChI is InChI=1S/C17H19FN6O/c1-12-19-17(21-20-12)16-11-23(8-9-25-16)10-13-6-7-24(22-13)15-5-3-2-4-14(15)18/h2-7,16H,8-11H2,1H3,(H,19,20,21)/t16-/m0/s1. The van der Waals surface area contributed by atoms with Crippen molar-refractivity contribution in [2.24, 2.45) is 0 Å². The molecule has 3 heterocycles. The van der Waals surface area contributed by atoms with Crippen molar-refractivity contribution in [1.29, 1.82) is 0 Å². The number of rotatable bonds is 4. The zero-order valence-electron chi connectivity index (χ0n) is 13.9. The Hall–Kier alpha value is -2.58. The van der Waals surface area contributed by atoms with Crippen LogP contribution in [-0.4, -0.2) is 49.6 Å². The van der Waals surface area contributed by atoms with Crippen LogP contribution in [0.15, 0.2) is 36.5 Å². The molecular weight excluding hydrogens is 323 g/mol. The quantitative estimate of drug-likeness (QED) is 0.785. The molecule has 1 saturated heterocycles. The average Bonchev–Trinajstić information content (AvgIpc) is 3.25. The highest BCUT2D eigenvalue weighted by Crippen LogP contribution is 2.20. The van der Waals surface area contributed by atoms with E-state index >= 15 is 0 Å². The summed E-state index contributed by atoms with van der Waals surface area (Å²) < 4.78 is 21.2. The molecule has 1 fully saturated rings. The molecule has 0 unspecified atom stereocenters. The molecule has 0 aliphatic carbocycles. The first-order valence-corrected chi connectivity index (χ1v) is 8.21. The number of aromatic amines is 1. The molecule has 0 saturated carbocycles. The van der Waals surface area contributed by atoms with Crippen LogP contribution in [0.4, 0.5) is 4.39 Å². The molecule has 1 aromatic carbocycles. The molecular formula is C17H19FN6O. The van der Waals surface area contributed by atoms with Crippen molar-refractivity contribution in [3.8, 4) is 5.69 Å². The number of aryl methyl sites for hydroxylation is 1. The van der Waals surface area contributed by atoms with E-state index in [-0.39, 0.29) is 11.9 Å². The third kappa shape index (κ3) is 3.45. The Bertz CT molecular complexity index is 860. The highest BCUT2D eigenvalue weighted by Gasteiger charge is 2.25. The first kappa shape index (κ1) is 15.9. The van der Waals surface area contributed by atoms with E-state index in [9.17, 15) is 4.39 Å². The van der Waals surface area contributed by atoms with Gasteiger partial charge in [0, 0.05) is 25.8 Å². The zero-order valence-corrected chi connectivity index (χ0v) is 13.9. The van der Waals surface area contributed by atoms with E-state index in [0.29, 0.717) is 31.2 Å². The summed E-state index contributed by atoms with van der Waals surface area (Å²) in [5.41, 5.74) is 1.33. The fraction of sp³-hybridized carbons (Fsp3) is 0.353. The van der Waals surface area contributed by atoms with E-state index in [1.54, 1.807) is 29.1 Å². The lowest BCUT2D eigenvalue weighted by molar-refractivity contribution is -0.0374. The Morgan fingerprint density at radius 1 is 1.32 bits per heavy atom. The monoisotopic (exact) mass is 342 g/mol. The lowest BCUT2D eigenvalue weighted by Crippen LogP contribution is -2.38. The van der Waals surface area contributed by atoms with E-state index in [2.05, 4.69) is 25.2 Å². The summed E-state index contributed by atoms with van der Waals surface area (Å²) >= 11 is 0. The number of morpholine rings is 1. The number of aromatic nitrogens is 5. The van der Waals surface area contributed by atoms with Gasteiger partial charge in [0.1, 0.15) is 23.4 Å². The van der Waals surface area contributed by atoms with E-state index in [0.717, 1.165) is 18.1 Å². The Kier molecular flexibility index (Phi) is 4.29. The minimum absolute atomic E-state index is 0.146. The van der Waals surface area contributed by atoms with Gasteiger partial charge in [0.15, 0.2) is 5.82 Å². The van der Waals surface area contributed by atoms with Gasteiger partial charge >= 0.3 is 0 Å². The van der Waals surface area contributed by atoms with Crippen molar-refractivity contribution in [3.63, 3.8) is 0 Å². The number of halogens is 1. The minimum atomic E-state index is -0.288. The molecule has 3 aromatic rings. The molecule has 4 rings (SSSR count). The van der Waals surface area contributed by atoms with Gasteiger partial charge in [-0.3, -0.25) is 10.00 Å². The highest BCUT2D eigenvalue weighted by atomic mass is 19.1. The maximum Gasteiger partial charge on any atom is 0.180 e. The fourth-order valence-electron chi connectivity index (χ4n) is 2.95. The topological polar surface area (TPSA) is 71.9 Å². The predicted molar refractivity (Wildman–Crippen MR) is 88.6 cm³/mol. The lowest BCUT2D eigenvalue weighted by Gasteiger charge is -2.30. The van der Waals surface area contributed by atoms with Gasteiger partial charge in [-0.25, -0.2) is 14.1 Å². The van der Waals surface area contributed by atoms with Crippen LogP contribution in [0, 0.1) is 12.7 Å². The molecule has 1 aliphatic rings. The minimum Gasteiger partial charge on any atom is -0.367 e. The Labute approximate surface area is 144 Å². The van der Waals surface area contributed by atoms with Crippen LogP contribution in [0.1, 0.15) is 23.4 Å². The van der Waals surface area contributed by atoms with Gasteiger partial charge in [-0.15, -0.1) is 0 Å². The Morgan fingerprint density at radius 2 is 2.20 bits per heavy atom. The molecule has 1 atom stereocenters. The SMILES string of the molecule is Cc1nc([C@@H]2CN(Cc3ccn(-c4ccccc4F)n3)CCO2)n[nH]1. The maximum atomic E-state index is 13.9. The molecule has 2 aromatic heterocycles. The van der Waals surface area contributed by atoms with Crippen molar-refractivity contribution in [2.45, 2.75) is 19.6 Å². The first-order chi connectivity index (χ1) is 12.2. The van der Waals surface area contributed by atoms with E-state index in [4.69, 9.17) is 4.74 Å². The van der Waals surface area contributed by atoms with Gasteiger partial charge in [-0.1, -0.05) is 12.1 Å². The van der Waals surface area contributed by atoms with Crippen molar-refractivity contribution >= 4 is 0 Å². The normalized spacial score (nSPS) is 18.6. The smallest absolute Gasteiger partial charge is 0.180 e. The molecule has 0 radical (unpaired) electrons. The number of para-hydroxylation sites is 1. The van der Waals surface area contributed by atoms with Gasteiger partial charge in [0.25, 0.3) is 0 Å².